The molecule has 0 amide bonds. The van der Waals surface area contributed by atoms with Gasteiger partial charge in [-0.25, -0.2) is 9.78 Å². The normalized spacial score (nSPS) is 19.9. The van der Waals surface area contributed by atoms with Gasteiger partial charge in [-0.3, -0.25) is 0 Å². The first kappa shape index (κ1) is 13.3. The zero-order valence-electron chi connectivity index (χ0n) is 11.1. The van der Waals surface area contributed by atoms with Crippen molar-refractivity contribution in [2.75, 3.05) is 0 Å². The molecule has 1 unspecified atom stereocenters. The smallest absolute Gasteiger partial charge is 0.334 e. The molecule has 1 aromatic heterocycles. The van der Waals surface area contributed by atoms with Crippen molar-refractivity contribution in [3.63, 3.8) is 0 Å². The number of hydrogen-bond acceptors (Lipinski definition) is 4. The van der Waals surface area contributed by atoms with Gasteiger partial charge in [0.05, 0.1) is 5.01 Å². The van der Waals surface area contributed by atoms with Gasteiger partial charge in [-0.1, -0.05) is 19.9 Å². The SMILES string of the molecule is Cc1cnc(CCC2CC=C(C(C)C)C(=O)O2)s1. The van der Waals surface area contributed by atoms with E-state index in [0.29, 0.717) is 0 Å². The molecule has 0 bridgehead atoms. The minimum atomic E-state index is -0.142. The van der Waals surface area contributed by atoms with Crippen molar-refractivity contribution < 1.29 is 9.53 Å². The van der Waals surface area contributed by atoms with E-state index < -0.39 is 0 Å². The number of esters is 1. The zero-order chi connectivity index (χ0) is 13.1. The van der Waals surface area contributed by atoms with E-state index in [1.165, 1.54) is 4.88 Å². The van der Waals surface area contributed by atoms with Gasteiger partial charge in [-0.05, 0) is 19.3 Å². The number of thiazole rings is 1. The number of rotatable bonds is 4. The summed E-state index contributed by atoms with van der Waals surface area (Å²) in [5.74, 6) is 0.108. The number of ether oxygens (including phenoxy) is 1. The predicted molar refractivity (Wildman–Crippen MR) is 72.6 cm³/mol. The van der Waals surface area contributed by atoms with Crippen molar-refractivity contribution in [3.05, 3.63) is 27.7 Å². The Morgan fingerprint density at radius 2 is 2.33 bits per heavy atom. The average molecular weight is 265 g/mol. The molecule has 0 radical (unpaired) electrons. The minimum Gasteiger partial charge on any atom is -0.459 e. The molecule has 0 N–H and O–H groups in total. The Morgan fingerprint density at radius 1 is 1.56 bits per heavy atom. The standard InChI is InChI=1S/C14H19NO2S/c1-9(2)12-6-4-11(17-14(12)16)5-7-13-15-8-10(3)18-13/h6,8-9,11H,4-5,7H2,1-3H3. The van der Waals surface area contributed by atoms with Gasteiger partial charge in [0.15, 0.2) is 0 Å². The first-order chi connectivity index (χ1) is 8.56. The highest BCUT2D eigenvalue weighted by Gasteiger charge is 2.24. The molecule has 2 heterocycles. The van der Waals surface area contributed by atoms with E-state index in [4.69, 9.17) is 4.74 Å². The summed E-state index contributed by atoms with van der Waals surface area (Å²) in [6, 6.07) is 0. The van der Waals surface area contributed by atoms with Crippen molar-refractivity contribution in [3.8, 4) is 0 Å². The summed E-state index contributed by atoms with van der Waals surface area (Å²) < 4.78 is 5.46. The van der Waals surface area contributed by atoms with E-state index in [1.807, 2.05) is 26.1 Å². The van der Waals surface area contributed by atoms with Gasteiger partial charge >= 0.3 is 5.97 Å². The lowest BCUT2D eigenvalue weighted by Crippen LogP contribution is -2.26. The van der Waals surface area contributed by atoms with Crippen LogP contribution in [0.25, 0.3) is 0 Å². The van der Waals surface area contributed by atoms with Crippen LogP contribution in [-0.2, 0) is 16.0 Å². The molecule has 98 valence electrons. The molecule has 1 aliphatic heterocycles. The third kappa shape index (κ3) is 3.19. The van der Waals surface area contributed by atoms with E-state index in [1.54, 1.807) is 11.3 Å². The average Bonchev–Trinajstić information content (AvgIpc) is 2.72. The van der Waals surface area contributed by atoms with Crippen LogP contribution < -0.4 is 0 Å². The maximum atomic E-state index is 11.8. The second-order valence-corrected chi connectivity index (χ2v) is 6.30. The highest BCUT2D eigenvalue weighted by molar-refractivity contribution is 7.11. The van der Waals surface area contributed by atoms with Crippen LogP contribution in [0.3, 0.4) is 0 Å². The fraction of sp³-hybridized carbons (Fsp3) is 0.571. The molecular weight excluding hydrogens is 246 g/mol. The molecule has 1 atom stereocenters. The minimum absolute atomic E-state index is 0.0178. The summed E-state index contributed by atoms with van der Waals surface area (Å²) in [5.41, 5.74) is 0.816. The van der Waals surface area contributed by atoms with Crippen LogP contribution in [0.1, 0.15) is 36.6 Å². The zero-order valence-corrected chi connectivity index (χ0v) is 11.9. The van der Waals surface area contributed by atoms with Crippen molar-refractivity contribution >= 4 is 17.3 Å². The molecule has 0 saturated carbocycles. The maximum absolute atomic E-state index is 11.8. The summed E-state index contributed by atoms with van der Waals surface area (Å²) in [5, 5.41) is 1.13. The van der Waals surface area contributed by atoms with Crippen LogP contribution in [0.5, 0.6) is 0 Å². The van der Waals surface area contributed by atoms with Gasteiger partial charge in [0.2, 0.25) is 0 Å². The molecule has 0 spiro atoms. The topological polar surface area (TPSA) is 39.2 Å². The van der Waals surface area contributed by atoms with Gasteiger partial charge in [0.1, 0.15) is 6.10 Å². The molecule has 2 rings (SSSR count). The highest BCUT2D eigenvalue weighted by Crippen LogP contribution is 2.23. The van der Waals surface area contributed by atoms with Gasteiger partial charge in [-0.15, -0.1) is 11.3 Å². The molecule has 1 aromatic rings. The Bertz CT molecular complexity index is 462. The van der Waals surface area contributed by atoms with Gasteiger partial charge in [0, 0.05) is 29.5 Å². The quantitative estimate of drug-likeness (QED) is 0.784. The largest absolute Gasteiger partial charge is 0.459 e. The lowest BCUT2D eigenvalue weighted by atomic mass is 9.97. The van der Waals surface area contributed by atoms with E-state index in [2.05, 4.69) is 11.9 Å². The van der Waals surface area contributed by atoms with Crippen LogP contribution in [0.15, 0.2) is 17.8 Å². The van der Waals surface area contributed by atoms with Crippen LogP contribution in [0.2, 0.25) is 0 Å². The fourth-order valence-electron chi connectivity index (χ4n) is 2.06. The lowest BCUT2D eigenvalue weighted by molar-refractivity contribution is -0.146. The van der Waals surface area contributed by atoms with E-state index >= 15 is 0 Å². The molecule has 1 aliphatic rings. The molecule has 18 heavy (non-hydrogen) atoms. The van der Waals surface area contributed by atoms with Gasteiger partial charge in [-0.2, -0.15) is 0 Å². The van der Waals surface area contributed by atoms with E-state index in [9.17, 15) is 4.79 Å². The van der Waals surface area contributed by atoms with E-state index in [-0.39, 0.29) is 18.0 Å². The maximum Gasteiger partial charge on any atom is 0.334 e. The summed E-state index contributed by atoms with van der Waals surface area (Å²) in [6.45, 7) is 6.09. The molecule has 0 aliphatic carbocycles. The first-order valence-electron chi connectivity index (χ1n) is 6.38. The Hall–Kier alpha value is -1.16. The second-order valence-electron chi connectivity index (χ2n) is 4.98. The van der Waals surface area contributed by atoms with Gasteiger partial charge in [0.25, 0.3) is 0 Å². The van der Waals surface area contributed by atoms with Crippen LogP contribution in [0, 0.1) is 12.8 Å². The molecule has 3 nitrogen and oxygen atoms in total. The van der Waals surface area contributed by atoms with Crippen LogP contribution >= 0.6 is 11.3 Å². The number of hydrogen-bond donors (Lipinski definition) is 0. The van der Waals surface area contributed by atoms with Crippen LogP contribution in [0.4, 0.5) is 0 Å². The first-order valence-corrected chi connectivity index (χ1v) is 7.20. The number of carbonyl (C=O) groups is 1. The van der Waals surface area contributed by atoms with Gasteiger partial charge < -0.3 is 4.74 Å². The molecule has 0 fully saturated rings. The number of nitrogens with zero attached hydrogens (tertiary/aromatic N) is 1. The Morgan fingerprint density at radius 3 is 2.89 bits per heavy atom. The summed E-state index contributed by atoms with van der Waals surface area (Å²) in [6.07, 6.45) is 6.54. The number of aryl methyl sites for hydroxylation is 2. The number of carbonyl (C=O) groups excluding carboxylic acids is 1. The summed E-state index contributed by atoms with van der Waals surface area (Å²) >= 11 is 1.72. The highest BCUT2D eigenvalue weighted by atomic mass is 32.1. The molecular formula is C14H19NO2S. The molecule has 0 saturated heterocycles. The Balaban J connectivity index is 1.88. The van der Waals surface area contributed by atoms with Crippen molar-refractivity contribution in [2.45, 2.75) is 46.1 Å². The molecule has 4 heteroatoms. The lowest BCUT2D eigenvalue weighted by Gasteiger charge is -2.23. The van der Waals surface area contributed by atoms with Crippen molar-refractivity contribution in [2.24, 2.45) is 5.92 Å². The monoisotopic (exact) mass is 265 g/mol. The second kappa shape index (κ2) is 5.65. The van der Waals surface area contributed by atoms with Crippen molar-refractivity contribution in [1.29, 1.82) is 0 Å². The fourth-order valence-corrected chi connectivity index (χ4v) is 2.86. The van der Waals surface area contributed by atoms with E-state index in [0.717, 1.165) is 29.8 Å². The number of aromatic nitrogens is 1. The summed E-state index contributed by atoms with van der Waals surface area (Å²) in [4.78, 5) is 17.3. The summed E-state index contributed by atoms with van der Waals surface area (Å²) in [7, 11) is 0. The Labute approximate surface area is 112 Å². The van der Waals surface area contributed by atoms with Crippen LogP contribution in [-0.4, -0.2) is 17.1 Å². The third-order valence-electron chi connectivity index (χ3n) is 3.08. The molecule has 0 aromatic carbocycles. The predicted octanol–water partition coefficient (Wildman–Crippen LogP) is 3.28. The Kier molecular flexibility index (Phi) is 4.17. The third-order valence-corrected chi connectivity index (χ3v) is 4.05. The number of cyclic esters (lactones) is 1. The van der Waals surface area contributed by atoms with Crippen molar-refractivity contribution in [1.82, 2.24) is 4.98 Å².